The summed E-state index contributed by atoms with van der Waals surface area (Å²) >= 11 is 0. The highest BCUT2D eigenvalue weighted by Crippen LogP contribution is 2.29. The molecule has 3 rings (SSSR count). The van der Waals surface area contributed by atoms with Gasteiger partial charge < -0.3 is 15.5 Å². The average molecular weight is 315 g/mol. The van der Waals surface area contributed by atoms with Crippen LogP contribution in [0.3, 0.4) is 0 Å². The molecular formula is C18H25N3O2. The maximum absolute atomic E-state index is 12.5. The summed E-state index contributed by atoms with van der Waals surface area (Å²) < 4.78 is 0. The third-order valence-electron chi connectivity index (χ3n) is 5.01. The Labute approximate surface area is 137 Å². The minimum Gasteiger partial charge on any atom is -0.352 e. The van der Waals surface area contributed by atoms with Gasteiger partial charge in [-0.15, -0.1) is 0 Å². The van der Waals surface area contributed by atoms with Crippen LogP contribution in [-0.4, -0.2) is 37.5 Å². The van der Waals surface area contributed by atoms with E-state index in [0.29, 0.717) is 13.0 Å². The van der Waals surface area contributed by atoms with E-state index in [9.17, 15) is 9.59 Å². The summed E-state index contributed by atoms with van der Waals surface area (Å²) in [6, 6.07) is 6.16. The fourth-order valence-electron chi connectivity index (χ4n) is 3.44. The summed E-state index contributed by atoms with van der Waals surface area (Å²) in [5.41, 5.74) is 3.21. The normalized spacial score (nSPS) is 24.8. The minimum absolute atomic E-state index is 0.0138. The maximum Gasteiger partial charge on any atom is 0.227 e. The molecule has 2 aliphatic heterocycles. The van der Waals surface area contributed by atoms with E-state index in [1.54, 1.807) is 4.90 Å². The van der Waals surface area contributed by atoms with Crippen molar-refractivity contribution in [3.05, 3.63) is 29.3 Å². The summed E-state index contributed by atoms with van der Waals surface area (Å²) in [5.74, 6) is -0.190. The van der Waals surface area contributed by atoms with E-state index in [4.69, 9.17) is 0 Å². The molecule has 0 aromatic heterocycles. The average Bonchev–Trinajstić information content (AvgIpc) is 2.93. The van der Waals surface area contributed by atoms with Crippen molar-refractivity contribution in [2.45, 2.75) is 39.2 Å². The highest BCUT2D eigenvalue weighted by Gasteiger charge is 2.36. The van der Waals surface area contributed by atoms with Gasteiger partial charge in [-0.2, -0.15) is 0 Å². The number of benzene rings is 1. The number of rotatable bonds is 3. The van der Waals surface area contributed by atoms with Gasteiger partial charge in [-0.3, -0.25) is 9.59 Å². The van der Waals surface area contributed by atoms with Crippen molar-refractivity contribution in [2.75, 3.05) is 24.5 Å². The molecule has 1 aromatic carbocycles. The molecule has 0 radical (unpaired) electrons. The van der Waals surface area contributed by atoms with Crippen molar-refractivity contribution in [3.8, 4) is 0 Å². The molecule has 5 heteroatoms. The number of amides is 2. The van der Waals surface area contributed by atoms with Crippen LogP contribution in [0.2, 0.25) is 0 Å². The summed E-state index contributed by atoms with van der Waals surface area (Å²) in [6.07, 6.45) is 2.41. The van der Waals surface area contributed by atoms with E-state index in [0.717, 1.165) is 42.7 Å². The van der Waals surface area contributed by atoms with Crippen LogP contribution in [0.25, 0.3) is 0 Å². The van der Waals surface area contributed by atoms with Crippen LogP contribution < -0.4 is 15.5 Å². The SMILES string of the molecule is Cc1cccc(N2CC(C(=O)N[C@H]3CCCNC3)CC2=O)c1C. The molecular weight excluding hydrogens is 290 g/mol. The zero-order valence-electron chi connectivity index (χ0n) is 13.9. The molecule has 2 fully saturated rings. The predicted octanol–water partition coefficient (Wildman–Crippen LogP) is 1.52. The lowest BCUT2D eigenvalue weighted by Gasteiger charge is -2.25. The monoisotopic (exact) mass is 315 g/mol. The van der Waals surface area contributed by atoms with E-state index in [1.807, 2.05) is 32.0 Å². The quantitative estimate of drug-likeness (QED) is 0.889. The maximum atomic E-state index is 12.5. The molecule has 2 N–H and O–H groups in total. The molecule has 0 aliphatic carbocycles. The second-order valence-electron chi connectivity index (χ2n) is 6.68. The number of hydrogen-bond acceptors (Lipinski definition) is 3. The van der Waals surface area contributed by atoms with E-state index in [1.165, 1.54) is 0 Å². The molecule has 0 spiro atoms. The standard InChI is InChI=1S/C18H25N3O2/c1-12-5-3-7-16(13(12)2)21-11-14(9-17(21)22)18(23)20-15-6-4-8-19-10-15/h3,5,7,14-15,19H,4,6,8-11H2,1-2H3,(H,20,23)/t14?,15-/m0/s1. The predicted molar refractivity (Wildman–Crippen MR) is 90.4 cm³/mol. The molecule has 23 heavy (non-hydrogen) atoms. The Morgan fingerprint density at radius 1 is 1.35 bits per heavy atom. The molecule has 0 saturated carbocycles. The second-order valence-corrected chi connectivity index (χ2v) is 6.68. The Balaban J connectivity index is 1.67. The Morgan fingerprint density at radius 2 is 2.17 bits per heavy atom. The van der Waals surface area contributed by atoms with Crippen molar-refractivity contribution in [1.29, 1.82) is 0 Å². The summed E-state index contributed by atoms with van der Waals surface area (Å²) in [7, 11) is 0. The first-order valence-corrected chi connectivity index (χ1v) is 8.44. The second kappa shape index (κ2) is 6.71. The Hall–Kier alpha value is -1.88. The van der Waals surface area contributed by atoms with Gasteiger partial charge in [-0.1, -0.05) is 12.1 Å². The molecule has 0 bridgehead atoms. The summed E-state index contributed by atoms with van der Waals surface area (Å²) in [4.78, 5) is 26.6. The molecule has 124 valence electrons. The van der Waals surface area contributed by atoms with Gasteiger partial charge in [-0.25, -0.2) is 0 Å². The first-order valence-electron chi connectivity index (χ1n) is 8.44. The van der Waals surface area contributed by atoms with Gasteiger partial charge in [0.25, 0.3) is 0 Å². The number of carbonyl (C=O) groups is 2. The van der Waals surface area contributed by atoms with Crippen LogP contribution in [0.4, 0.5) is 5.69 Å². The first-order chi connectivity index (χ1) is 11.1. The van der Waals surface area contributed by atoms with Crippen LogP contribution in [0.15, 0.2) is 18.2 Å². The number of nitrogens with zero attached hydrogens (tertiary/aromatic N) is 1. The third-order valence-corrected chi connectivity index (χ3v) is 5.01. The van der Waals surface area contributed by atoms with Gasteiger partial charge in [-0.05, 0) is 50.4 Å². The lowest BCUT2D eigenvalue weighted by atomic mass is 10.0. The summed E-state index contributed by atoms with van der Waals surface area (Å²) in [6.45, 7) is 6.40. The smallest absolute Gasteiger partial charge is 0.227 e. The number of carbonyl (C=O) groups excluding carboxylic acids is 2. The highest BCUT2D eigenvalue weighted by molar-refractivity contribution is 6.01. The van der Waals surface area contributed by atoms with Gasteiger partial charge in [0.1, 0.15) is 0 Å². The zero-order chi connectivity index (χ0) is 16.4. The fraction of sp³-hybridized carbons (Fsp3) is 0.556. The zero-order valence-corrected chi connectivity index (χ0v) is 13.9. The molecule has 2 heterocycles. The molecule has 2 aliphatic rings. The number of anilines is 1. The first kappa shape index (κ1) is 16.0. The molecule has 2 amide bonds. The lowest BCUT2D eigenvalue weighted by molar-refractivity contribution is -0.127. The van der Waals surface area contributed by atoms with Gasteiger partial charge in [0, 0.05) is 31.2 Å². The largest absolute Gasteiger partial charge is 0.352 e. The van der Waals surface area contributed by atoms with Crippen molar-refractivity contribution in [1.82, 2.24) is 10.6 Å². The van der Waals surface area contributed by atoms with Crippen LogP contribution in [-0.2, 0) is 9.59 Å². The number of hydrogen-bond donors (Lipinski definition) is 2. The number of nitrogens with one attached hydrogen (secondary N) is 2. The summed E-state index contributed by atoms with van der Waals surface area (Å²) in [5, 5.41) is 6.39. The van der Waals surface area contributed by atoms with Crippen LogP contribution in [0.1, 0.15) is 30.4 Å². The van der Waals surface area contributed by atoms with Crippen LogP contribution in [0.5, 0.6) is 0 Å². The van der Waals surface area contributed by atoms with E-state index >= 15 is 0 Å². The number of aryl methyl sites for hydroxylation is 1. The highest BCUT2D eigenvalue weighted by atomic mass is 16.2. The topological polar surface area (TPSA) is 61.4 Å². The van der Waals surface area contributed by atoms with Crippen molar-refractivity contribution >= 4 is 17.5 Å². The van der Waals surface area contributed by atoms with E-state index in [-0.39, 0.29) is 23.8 Å². The Morgan fingerprint density at radius 3 is 2.91 bits per heavy atom. The van der Waals surface area contributed by atoms with Gasteiger partial charge in [0.2, 0.25) is 11.8 Å². The van der Waals surface area contributed by atoms with Crippen LogP contribution in [0, 0.1) is 19.8 Å². The van der Waals surface area contributed by atoms with Gasteiger partial charge in [0.05, 0.1) is 5.92 Å². The van der Waals surface area contributed by atoms with Crippen molar-refractivity contribution in [3.63, 3.8) is 0 Å². The molecule has 2 saturated heterocycles. The van der Waals surface area contributed by atoms with Gasteiger partial charge >= 0.3 is 0 Å². The molecule has 2 atom stereocenters. The third kappa shape index (κ3) is 3.39. The minimum atomic E-state index is -0.246. The molecule has 1 aromatic rings. The Bertz CT molecular complexity index is 608. The fourth-order valence-corrected chi connectivity index (χ4v) is 3.44. The Kier molecular flexibility index (Phi) is 4.66. The van der Waals surface area contributed by atoms with E-state index in [2.05, 4.69) is 10.6 Å². The van der Waals surface area contributed by atoms with Gasteiger partial charge in [0.15, 0.2) is 0 Å². The van der Waals surface area contributed by atoms with Crippen LogP contribution >= 0.6 is 0 Å². The van der Waals surface area contributed by atoms with E-state index < -0.39 is 0 Å². The molecule has 1 unspecified atom stereocenters. The lowest BCUT2D eigenvalue weighted by Crippen LogP contribution is -2.47. The van der Waals surface area contributed by atoms with Crippen molar-refractivity contribution < 1.29 is 9.59 Å². The van der Waals surface area contributed by atoms with Crippen molar-refractivity contribution in [2.24, 2.45) is 5.92 Å². The molecule has 5 nitrogen and oxygen atoms in total. The number of piperidine rings is 1.